The molecule has 0 saturated heterocycles. The molecule has 0 spiro atoms. The predicted octanol–water partition coefficient (Wildman–Crippen LogP) is 1.85. The highest BCUT2D eigenvalue weighted by molar-refractivity contribution is 7.84. The van der Waals surface area contributed by atoms with Crippen molar-refractivity contribution in [2.45, 2.75) is 20.0 Å². The number of nitrogens with one attached hydrogen (secondary N) is 1. The topological polar surface area (TPSA) is 64.1 Å². The Morgan fingerprint density at radius 3 is 2.94 bits per heavy atom. The highest BCUT2D eigenvalue weighted by Crippen LogP contribution is 2.12. The van der Waals surface area contributed by atoms with Crippen LogP contribution in [0, 0.1) is 0 Å². The van der Waals surface area contributed by atoms with E-state index in [0.717, 1.165) is 6.42 Å². The van der Waals surface area contributed by atoms with Gasteiger partial charge in [0, 0.05) is 42.0 Å². The van der Waals surface area contributed by atoms with Crippen LogP contribution in [0.25, 0.3) is 0 Å². The van der Waals surface area contributed by atoms with Crippen LogP contribution in [0.3, 0.4) is 0 Å². The molecule has 1 aromatic rings. The Labute approximate surface area is 115 Å². The first kappa shape index (κ1) is 15.3. The van der Waals surface area contributed by atoms with Crippen LogP contribution in [0.1, 0.15) is 19.2 Å². The fraction of sp³-hybridized carbons (Fsp3) is 0.636. The first-order valence-electron chi connectivity index (χ1n) is 5.77. The van der Waals surface area contributed by atoms with Crippen molar-refractivity contribution in [1.29, 1.82) is 0 Å². The molecule has 1 unspecified atom stereocenters. The maximum atomic E-state index is 10.9. The molecule has 1 aromatic heterocycles. The zero-order valence-electron chi connectivity index (χ0n) is 10.6. The highest BCUT2D eigenvalue weighted by atomic mass is 35.5. The van der Waals surface area contributed by atoms with E-state index in [4.69, 9.17) is 16.3 Å². The third-order valence-corrected chi connectivity index (χ3v) is 3.15. The molecular formula is C11H18ClN3O2S. The van der Waals surface area contributed by atoms with Crippen molar-refractivity contribution in [3.8, 4) is 0 Å². The van der Waals surface area contributed by atoms with Crippen LogP contribution in [0.4, 0.5) is 5.82 Å². The van der Waals surface area contributed by atoms with Crippen molar-refractivity contribution >= 4 is 28.2 Å². The molecule has 0 aliphatic rings. The van der Waals surface area contributed by atoms with E-state index in [0.29, 0.717) is 42.3 Å². The minimum absolute atomic E-state index is 0.352. The molecule has 0 aliphatic carbocycles. The van der Waals surface area contributed by atoms with E-state index in [1.807, 2.05) is 6.92 Å². The Balaban J connectivity index is 2.48. The van der Waals surface area contributed by atoms with Gasteiger partial charge in [0.2, 0.25) is 0 Å². The fourth-order valence-corrected chi connectivity index (χ4v) is 2.06. The second kappa shape index (κ2) is 8.39. The third kappa shape index (κ3) is 6.28. The molecule has 1 atom stereocenters. The number of aromatic nitrogens is 2. The number of halogens is 1. The quantitative estimate of drug-likeness (QED) is 0.585. The molecule has 5 nitrogen and oxygen atoms in total. The van der Waals surface area contributed by atoms with Crippen LogP contribution in [0.5, 0.6) is 0 Å². The number of ether oxygens (including phenoxy) is 1. The van der Waals surface area contributed by atoms with Gasteiger partial charge in [-0.05, 0) is 13.3 Å². The average molecular weight is 292 g/mol. The van der Waals surface area contributed by atoms with Gasteiger partial charge in [-0.3, -0.25) is 4.21 Å². The molecule has 1 N–H and O–H groups in total. The predicted molar refractivity (Wildman–Crippen MR) is 74.4 cm³/mol. The summed E-state index contributed by atoms with van der Waals surface area (Å²) in [5, 5.41) is 3.52. The molecule has 0 aliphatic heterocycles. The molecule has 0 radical (unpaired) electrons. The van der Waals surface area contributed by atoms with Crippen molar-refractivity contribution in [3.05, 3.63) is 17.0 Å². The molecule has 0 amide bonds. The van der Waals surface area contributed by atoms with Crippen LogP contribution in [-0.4, -0.2) is 39.3 Å². The second-order valence-electron chi connectivity index (χ2n) is 3.69. The Morgan fingerprint density at radius 2 is 2.28 bits per heavy atom. The fourth-order valence-electron chi connectivity index (χ4n) is 1.31. The highest BCUT2D eigenvalue weighted by Gasteiger charge is 2.03. The summed E-state index contributed by atoms with van der Waals surface area (Å²) in [5.41, 5.74) is 0. The van der Waals surface area contributed by atoms with Gasteiger partial charge in [0.25, 0.3) is 0 Å². The molecule has 0 saturated carbocycles. The summed E-state index contributed by atoms with van der Waals surface area (Å²) >= 11 is 5.90. The Bertz CT molecular complexity index is 404. The molecule has 0 bridgehead atoms. The van der Waals surface area contributed by atoms with Gasteiger partial charge in [0.05, 0.1) is 0 Å². The van der Waals surface area contributed by atoms with E-state index >= 15 is 0 Å². The zero-order valence-corrected chi connectivity index (χ0v) is 12.2. The Morgan fingerprint density at radius 1 is 1.50 bits per heavy atom. The van der Waals surface area contributed by atoms with E-state index in [1.54, 1.807) is 12.3 Å². The van der Waals surface area contributed by atoms with Gasteiger partial charge in [-0.2, -0.15) is 0 Å². The van der Waals surface area contributed by atoms with Crippen molar-refractivity contribution in [1.82, 2.24) is 9.97 Å². The van der Waals surface area contributed by atoms with E-state index < -0.39 is 10.8 Å². The number of nitrogens with zero attached hydrogens (tertiary/aromatic N) is 2. The van der Waals surface area contributed by atoms with Gasteiger partial charge in [-0.15, -0.1) is 0 Å². The standard InChI is InChI=1S/C11H18ClN3O2S/c1-3-17-8-11-14-9(12)7-10(15-11)13-5-4-6-18(2)16/h7H,3-6,8H2,1-2H3,(H,13,14,15). The van der Waals surface area contributed by atoms with Crippen LogP contribution in [0.15, 0.2) is 6.07 Å². The Hall–Kier alpha value is -0.720. The number of anilines is 1. The normalized spacial score (nSPS) is 12.4. The summed E-state index contributed by atoms with van der Waals surface area (Å²) < 4.78 is 16.1. The SMILES string of the molecule is CCOCc1nc(Cl)cc(NCCCS(C)=O)n1. The summed E-state index contributed by atoms with van der Waals surface area (Å²) in [4.78, 5) is 8.35. The number of hydrogen-bond acceptors (Lipinski definition) is 5. The maximum Gasteiger partial charge on any atom is 0.158 e. The molecular weight excluding hydrogens is 274 g/mol. The number of hydrogen-bond donors (Lipinski definition) is 1. The van der Waals surface area contributed by atoms with E-state index in [1.165, 1.54) is 0 Å². The Kier molecular flexibility index (Phi) is 7.15. The largest absolute Gasteiger partial charge is 0.374 e. The summed E-state index contributed by atoms with van der Waals surface area (Å²) in [5.74, 6) is 1.91. The zero-order chi connectivity index (χ0) is 13.4. The molecule has 1 rings (SSSR count). The maximum absolute atomic E-state index is 10.9. The smallest absolute Gasteiger partial charge is 0.158 e. The molecule has 7 heteroatoms. The van der Waals surface area contributed by atoms with Gasteiger partial charge < -0.3 is 10.1 Å². The van der Waals surface area contributed by atoms with Crippen molar-refractivity contribution in [3.63, 3.8) is 0 Å². The third-order valence-electron chi connectivity index (χ3n) is 2.09. The van der Waals surface area contributed by atoms with Gasteiger partial charge in [0.1, 0.15) is 17.6 Å². The van der Waals surface area contributed by atoms with Crippen LogP contribution < -0.4 is 5.32 Å². The molecule has 102 valence electrons. The van der Waals surface area contributed by atoms with Crippen LogP contribution in [-0.2, 0) is 22.1 Å². The molecule has 18 heavy (non-hydrogen) atoms. The van der Waals surface area contributed by atoms with Gasteiger partial charge in [-0.1, -0.05) is 11.6 Å². The minimum atomic E-state index is -0.755. The van der Waals surface area contributed by atoms with Crippen LogP contribution in [0.2, 0.25) is 5.15 Å². The number of rotatable bonds is 8. The van der Waals surface area contributed by atoms with Crippen molar-refractivity contribution in [2.24, 2.45) is 0 Å². The second-order valence-corrected chi connectivity index (χ2v) is 5.63. The van der Waals surface area contributed by atoms with Crippen LogP contribution >= 0.6 is 11.6 Å². The monoisotopic (exact) mass is 291 g/mol. The lowest BCUT2D eigenvalue weighted by atomic mass is 10.4. The van der Waals surface area contributed by atoms with E-state index in [2.05, 4.69) is 15.3 Å². The van der Waals surface area contributed by atoms with Crippen molar-refractivity contribution in [2.75, 3.05) is 30.5 Å². The molecule has 0 fully saturated rings. The first-order valence-corrected chi connectivity index (χ1v) is 7.87. The molecule has 1 heterocycles. The minimum Gasteiger partial charge on any atom is -0.374 e. The summed E-state index contributed by atoms with van der Waals surface area (Å²) in [7, 11) is -0.755. The lowest BCUT2D eigenvalue weighted by Gasteiger charge is -2.07. The average Bonchev–Trinajstić information content (AvgIpc) is 2.31. The molecule has 0 aromatic carbocycles. The first-order chi connectivity index (χ1) is 8.61. The summed E-state index contributed by atoms with van der Waals surface area (Å²) in [6, 6.07) is 1.67. The lowest BCUT2D eigenvalue weighted by Crippen LogP contribution is -2.09. The van der Waals surface area contributed by atoms with Crippen molar-refractivity contribution < 1.29 is 8.95 Å². The van der Waals surface area contributed by atoms with E-state index in [-0.39, 0.29) is 0 Å². The van der Waals surface area contributed by atoms with Gasteiger partial charge in [0.15, 0.2) is 5.82 Å². The summed E-state index contributed by atoms with van der Waals surface area (Å²) in [6.07, 6.45) is 2.52. The lowest BCUT2D eigenvalue weighted by molar-refractivity contribution is 0.128. The van der Waals surface area contributed by atoms with E-state index in [9.17, 15) is 4.21 Å². The summed E-state index contributed by atoms with van der Waals surface area (Å²) in [6.45, 7) is 3.58. The van der Waals surface area contributed by atoms with Gasteiger partial charge >= 0.3 is 0 Å². The van der Waals surface area contributed by atoms with Gasteiger partial charge in [-0.25, -0.2) is 9.97 Å².